The van der Waals surface area contributed by atoms with Crippen LogP contribution in [0.25, 0.3) is 0 Å². The van der Waals surface area contributed by atoms with Crippen molar-refractivity contribution < 1.29 is 20.5 Å². The van der Waals surface area contributed by atoms with Gasteiger partial charge in [-0.15, -0.1) is 0 Å². The van der Waals surface area contributed by atoms with Crippen molar-refractivity contribution in [2.75, 3.05) is 0 Å². The molecule has 272 valence electrons. The van der Waals surface area contributed by atoms with E-state index in [4.69, 9.17) is 4.74 Å². The molecule has 1 aliphatic heterocycles. The number of hydrogen-bond donors (Lipinski definition) is 0. The van der Waals surface area contributed by atoms with Crippen molar-refractivity contribution >= 4 is 17.5 Å². The van der Waals surface area contributed by atoms with Gasteiger partial charge in [-0.3, -0.25) is 24.2 Å². The minimum atomic E-state index is -0.414. The number of benzene rings is 4. The maximum absolute atomic E-state index is 12.4. The zero-order chi connectivity index (χ0) is 33.8. The van der Waals surface area contributed by atoms with E-state index in [2.05, 4.69) is 41.0 Å². The summed E-state index contributed by atoms with van der Waals surface area (Å²) in [5.74, 6) is -0.160. The quantitative estimate of drug-likeness (QED) is 0.131. The van der Waals surface area contributed by atoms with Crippen LogP contribution in [0.1, 0.15) is 80.6 Å². The van der Waals surface area contributed by atoms with Crippen molar-refractivity contribution in [3.8, 4) is 0 Å². The fraction of sp³-hybridized carbons (Fsp3) is 0.386. The molecule has 4 aromatic carbocycles. The molecule has 0 saturated carbocycles. The number of cyclic esters (lactones) is 1. The second-order valence-electron chi connectivity index (χ2n) is 12.7. The first-order chi connectivity index (χ1) is 22.6. The van der Waals surface area contributed by atoms with Crippen molar-refractivity contribution in [3.05, 3.63) is 144 Å². The van der Waals surface area contributed by atoms with E-state index in [9.17, 15) is 14.4 Å². The van der Waals surface area contributed by atoms with Crippen LogP contribution < -0.4 is 0 Å². The molecule has 0 aliphatic carbocycles. The molecule has 50 heavy (non-hydrogen) atoms. The molecule has 0 bridgehead atoms. The fourth-order valence-electron chi connectivity index (χ4n) is 6.24. The SMILES string of the molecule is C.C.C.CC(=O)C(C)C(C(C)=O)N(Cc1ccccc1)Cc1ccccc1.CC1OC(=O)C(N(Cc2ccccc2)Cc2ccccc2)C1C.[2HH]. The maximum Gasteiger partial charge on any atom is 0.324 e. The van der Waals surface area contributed by atoms with E-state index < -0.39 is 6.04 Å². The third-order valence-corrected chi connectivity index (χ3v) is 9.01. The van der Waals surface area contributed by atoms with Crippen LogP contribution in [0.2, 0.25) is 0 Å². The summed E-state index contributed by atoms with van der Waals surface area (Å²) in [5.41, 5.74) is 4.69. The van der Waals surface area contributed by atoms with E-state index in [0.29, 0.717) is 13.1 Å². The molecule has 6 nitrogen and oxygen atoms in total. The molecule has 6 heteroatoms. The molecular weight excluding hydrogens is 620 g/mol. The topological polar surface area (TPSA) is 66.9 Å². The minimum absolute atomic E-state index is 0. The van der Waals surface area contributed by atoms with Crippen molar-refractivity contribution in [2.24, 2.45) is 11.8 Å². The summed E-state index contributed by atoms with van der Waals surface area (Å²) in [6.45, 7) is 11.8. The molecule has 0 radical (unpaired) electrons. The lowest BCUT2D eigenvalue weighted by Crippen LogP contribution is -2.45. The molecule has 1 saturated heterocycles. The zero-order valence-electron chi connectivity index (χ0n) is 28.3. The molecule has 0 N–H and O–H groups in total. The average molecular weight is 684 g/mol. The first kappa shape index (κ1) is 43.6. The second-order valence-corrected chi connectivity index (χ2v) is 12.7. The number of rotatable bonds is 13. The highest BCUT2D eigenvalue weighted by atomic mass is 16.6. The van der Waals surface area contributed by atoms with Crippen molar-refractivity contribution in [2.45, 2.75) is 101 Å². The lowest BCUT2D eigenvalue weighted by molar-refractivity contribution is -0.145. The molecule has 4 aromatic rings. The van der Waals surface area contributed by atoms with Crippen LogP contribution in [0.5, 0.6) is 0 Å². The van der Waals surface area contributed by atoms with E-state index in [1.54, 1.807) is 13.8 Å². The smallest absolute Gasteiger partial charge is 0.324 e. The largest absolute Gasteiger partial charge is 0.461 e. The van der Waals surface area contributed by atoms with Crippen LogP contribution in [0.15, 0.2) is 121 Å². The van der Waals surface area contributed by atoms with E-state index >= 15 is 0 Å². The van der Waals surface area contributed by atoms with Gasteiger partial charge >= 0.3 is 5.97 Å². The average Bonchev–Trinajstić information content (AvgIpc) is 3.32. The van der Waals surface area contributed by atoms with Crippen molar-refractivity contribution in [1.29, 1.82) is 0 Å². The Bertz CT molecular complexity index is 1470. The predicted molar refractivity (Wildman–Crippen MR) is 209 cm³/mol. The van der Waals surface area contributed by atoms with Gasteiger partial charge in [0.15, 0.2) is 0 Å². The zero-order valence-corrected chi connectivity index (χ0v) is 28.3. The molecule has 5 atom stereocenters. The number of hydrogen-bond acceptors (Lipinski definition) is 6. The molecule has 5 unspecified atom stereocenters. The van der Waals surface area contributed by atoms with Crippen LogP contribution in [-0.2, 0) is 45.3 Å². The van der Waals surface area contributed by atoms with Gasteiger partial charge in [0.2, 0.25) is 0 Å². The summed E-state index contributed by atoms with van der Waals surface area (Å²) < 4.78 is 5.46. The van der Waals surface area contributed by atoms with Crippen molar-refractivity contribution in [1.82, 2.24) is 9.80 Å². The molecule has 1 heterocycles. The third kappa shape index (κ3) is 12.5. The Morgan fingerprint density at radius 3 is 1.24 bits per heavy atom. The predicted octanol–water partition coefficient (Wildman–Crippen LogP) is 9.66. The highest BCUT2D eigenvalue weighted by Gasteiger charge is 2.43. The van der Waals surface area contributed by atoms with Crippen molar-refractivity contribution in [3.63, 3.8) is 0 Å². The Hall–Kier alpha value is -4.39. The number of carbonyl (C=O) groups is 3. The summed E-state index contributed by atoms with van der Waals surface area (Å²) in [4.78, 5) is 40.9. The van der Waals surface area contributed by atoms with Gasteiger partial charge in [0.1, 0.15) is 23.7 Å². The van der Waals surface area contributed by atoms with E-state index in [1.807, 2.05) is 111 Å². The lowest BCUT2D eigenvalue weighted by Gasteiger charge is -2.33. The Morgan fingerprint density at radius 2 is 0.960 bits per heavy atom. The number of ketones is 2. The lowest BCUT2D eigenvalue weighted by atomic mass is 9.92. The van der Waals surface area contributed by atoms with Crippen LogP contribution in [0.3, 0.4) is 0 Å². The number of carbonyl (C=O) groups excluding carboxylic acids is 3. The van der Waals surface area contributed by atoms with Gasteiger partial charge in [-0.1, -0.05) is 157 Å². The van der Waals surface area contributed by atoms with E-state index in [-0.39, 0.29) is 65.2 Å². The normalized spacial score (nSPS) is 17.5. The molecule has 1 fully saturated rings. The standard InChI is InChI=1S/C21H25NO2.C20H23NO2.3CH4.H2/c1-16(17(2)23)21(18(3)24)22(14-19-10-6-4-7-11-19)15-20-12-8-5-9-13-20;1-15-16(2)23-20(22)19(15)21(13-17-9-5-3-6-10-17)14-18-11-7-4-8-12-18;;;;/h4-13,16,21H,14-15H2,1-3H3;3-12,15-16,19H,13-14H2,1-2H3;3*1H4;1H/i;;;;;1+1. The molecule has 5 rings (SSSR count). The summed E-state index contributed by atoms with van der Waals surface area (Å²) in [7, 11) is 0. The van der Waals surface area contributed by atoms with Gasteiger partial charge in [0, 0.05) is 39.4 Å². The highest BCUT2D eigenvalue weighted by molar-refractivity contribution is 5.89. The number of esters is 1. The van der Waals surface area contributed by atoms with Gasteiger partial charge < -0.3 is 4.74 Å². The molecule has 1 aliphatic rings. The van der Waals surface area contributed by atoms with Gasteiger partial charge in [-0.05, 0) is 43.0 Å². The van der Waals surface area contributed by atoms with E-state index in [1.165, 1.54) is 11.1 Å². The summed E-state index contributed by atoms with van der Waals surface area (Å²) in [5, 5.41) is 0. The fourth-order valence-corrected chi connectivity index (χ4v) is 6.24. The van der Waals surface area contributed by atoms with Crippen LogP contribution in [0.4, 0.5) is 0 Å². The molecule has 0 aromatic heterocycles. The summed E-state index contributed by atoms with van der Waals surface area (Å²) in [6, 6.07) is 40.1. The Kier molecular flexibility index (Phi) is 18.9. The number of nitrogens with zero attached hydrogens (tertiary/aromatic N) is 2. The Morgan fingerprint density at radius 1 is 0.620 bits per heavy atom. The van der Waals surface area contributed by atoms with Crippen LogP contribution >= 0.6 is 0 Å². The molecule has 0 spiro atoms. The maximum atomic E-state index is 12.4. The molecule has 0 amide bonds. The monoisotopic (exact) mass is 683 g/mol. The van der Waals surface area contributed by atoms with Gasteiger partial charge in [-0.25, -0.2) is 0 Å². The van der Waals surface area contributed by atoms with Crippen LogP contribution in [-0.4, -0.2) is 45.5 Å². The van der Waals surface area contributed by atoms with Gasteiger partial charge in [-0.2, -0.15) is 0 Å². The first-order valence-electron chi connectivity index (χ1n) is 16.5. The second kappa shape index (κ2) is 21.6. The molecular formula is C44H62N2O4. The van der Waals surface area contributed by atoms with Gasteiger partial charge in [0.25, 0.3) is 0 Å². The summed E-state index contributed by atoms with van der Waals surface area (Å²) in [6.07, 6.45) is -0.0263. The van der Waals surface area contributed by atoms with Crippen LogP contribution in [0, 0.1) is 11.8 Å². The highest BCUT2D eigenvalue weighted by Crippen LogP contribution is 2.29. The first-order valence-corrected chi connectivity index (χ1v) is 16.5. The Balaban J connectivity index is 0.000000909. The summed E-state index contributed by atoms with van der Waals surface area (Å²) >= 11 is 0. The van der Waals surface area contributed by atoms with E-state index in [0.717, 1.165) is 24.2 Å². The number of ether oxygens (including phenoxy) is 1. The number of Topliss-reactive ketones (excluding diaryl/α,β-unsaturated/α-hetero) is 2. The third-order valence-electron chi connectivity index (χ3n) is 9.01. The minimum Gasteiger partial charge on any atom is -0.461 e. The Labute approximate surface area is 304 Å². The van der Waals surface area contributed by atoms with Gasteiger partial charge in [0.05, 0.1) is 6.04 Å².